The Balaban J connectivity index is 2.54. The van der Waals surface area contributed by atoms with Gasteiger partial charge in [0.25, 0.3) is 0 Å². The molecule has 13 heavy (non-hydrogen) atoms. The fourth-order valence-electron chi connectivity index (χ4n) is 1.47. The van der Waals surface area contributed by atoms with E-state index in [-0.39, 0.29) is 0 Å². The Kier molecular flexibility index (Phi) is 1.67. The molecule has 0 aliphatic carbocycles. The molecule has 0 fully saturated rings. The third-order valence-electron chi connectivity index (χ3n) is 2.10. The Morgan fingerprint density at radius 2 is 2.38 bits per heavy atom. The maximum atomic E-state index is 8.54. The number of nitrogens with zero attached hydrogens (tertiary/aromatic N) is 1. The van der Waals surface area contributed by atoms with Crippen molar-refractivity contribution in [2.75, 3.05) is 17.6 Å². The van der Waals surface area contributed by atoms with Gasteiger partial charge in [0.2, 0.25) is 0 Å². The fraction of sp³-hybridized carbons (Fsp3) is 0.100. The lowest BCUT2D eigenvalue weighted by Gasteiger charge is -1.99. The lowest BCUT2D eigenvalue weighted by atomic mass is 10.1. The quantitative estimate of drug-likeness (QED) is 0.460. The van der Waals surface area contributed by atoms with Crippen molar-refractivity contribution in [1.29, 1.82) is 5.26 Å². The lowest BCUT2D eigenvalue weighted by Crippen LogP contribution is -1.90. The zero-order valence-corrected chi connectivity index (χ0v) is 7.04. The van der Waals surface area contributed by atoms with Crippen molar-refractivity contribution in [2.24, 2.45) is 0 Å². The van der Waals surface area contributed by atoms with Crippen LogP contribution in [0.3, 0.4) is 0 Å². The summed E-state index contributed by atoms with van der Waals surface area (Å²) in [7, 11) is 0. The highest BCUT2D eigenvalue weighted by atomic mass is 14.9. The first kappa shape index (κ1) is 7.69. The van der Waals surface area contributed by atoms with E-state index in [9.17, 15) is 0 Å². The summed E-state index contributed by atoms with van der Waals surface area (Å²) in [6.45, 7) is 0.715. The SMILES string of the molecule is N#CC=C1CNc2ccc(N)cc21. The molecule has 64 valence electrons. The van der Waals surface area contributed by atoms with E-state index in [1.807, 2.05) is 24.3 Å². The van der Waals surface area contributed by atoms with Crippen molar-refractivity contribution < 1.29 is 0 Å². The van der Waals surface area contributed by atoms with Gasteiger partial charge in [0.15, 0.2) is 0 Å². The van der Waals surface area contributed by atoms with Gasteiger partial charge in [-0.15, -0.1) is 0 Å². The molecule has 0 spiro atoms. The molecule has 0 saturated carbocycles. The number of hydrogen-bond acceptors (Lipinski definition) is 3. The molecule has 2 rings (SSSR count). The summed E-state index contributed by atoms with van der Waals surface area (Å²) in [4.78, 5) is 0. The van der Waals surface area contributed by atoms with Crippen LogP contribution in [0.5, 0.6) is 0 Å². The minimum Gasteiger partial charge on any atom is -0.399 e. The van der Waals surface area contributed by atoms with Crippen LogP contribution < -0.4 is 11.1 Å². The summed E-state index contributed by atoms with van der Waals surface area (Å²) in [6.07, 6.45) is 1.55. The van der Waals surface area contributed by atoms with E-state index in [0.717, 1.165) is 22.5 Å². The fourth-order valence-corrected chi connectivity index (χ4v) is 1.47. The van der Waals surface area contributed by atoms with Crippen LogP contribution in [0.25, 0.3) is 5.57 Å². The second-order valence-electron chi connectivity index (χ2n) is 2.96. The van der Waals surface area contributed by atoms with E-state index in [1.54, 1.807) is 6.08 Å². The van der Waals surface area contributed by atoms with Gasteiger partial charge in [0.1, 0.15) is 0 Å². The number of rotatable bonds is 0. The van der Waals surface area contributed by atoms with Crippen LogP contribution in [0.15, 0.2) is 24.3 Å². The van der Waals surface area contributed by atoms with Gasteiger partial charge in [-0.25, -0.2) is 0 Å². The average Bonchev–Trinajstić information content (AvgIpc) is 2.49. The summed E-state index contributed by atoms with van der Waals surface area (Å²) in [5, 5.41) is 11.7. The third-order valence-corrected chi connectivity index (χ3v) is 2.10. The Morgan fingerprint density at radius 3 is 3.15 bits per heavy atom. The number of nitrogens with two attached hydrogens (primary N) is 1. The van der Waals surface area contributed by atoms with Crippen LogP contribution >= 0.6 is 0 Å². The molecule has 1 heterocycles. The number of anilines is 2. The molecule has 1 aliphatic rings. The highest BCUT2D eigenvalue weighted by molar-refractivity contribution is 5.86. The Labute approximate surface area is 76.5 Å². The molecule has 0 saturated heterocycles. The number of nitrogens with one attached hydrogen (secondary N) is 1. The van der Waals surface area contributed by atoms with Crippen LogP contribution in [-0.4, -0.2) is 6.54 Å². The Bertz CT molecular complexity index is 413. The monoisotopic (exact) mass is 171 g/mol. The minimum absolute atomic E-state index is 0.715. The molecule has 0 unspecified atom stereocenters. The van der Waals surface area contributed by atoms with E-state index < -0.39 is 0 Å². The van der Waals surface area contributed by atoms with Crippen molar-refractivity contribution in [2.45, 2.75) is 0 Å². The predicted molar refractivity (Wildman–Crippen MR) is 52.9 cm³/mol. The molecule has 0 bridgehead atoms. The Morgan fingerprint density at radius 1 is 1.54 bits per heavy atom. The predicted octanol–water partition coefficient (Wildman–Crippen LogP) is 1.60. The minimum atomic E-state index is 0.715. The molecule has 1 aromatic carbocycles. The van der Waals surface area contributed by atoms with Crippen LogP contribution in [0.4, 0.5) is 11.4 Å². The summed E-state index contributed by atoms with van der Waals surface area (Å²) < 4.78 is 0. The summed E-state index contributed by atoms with van der Waals surface area (Å²) in [5.41, 5.74) is 9.48. The van der Waals surface area contributed by atoms with E-state index in [2.05, 4.69) is 5.32 Å². The molecule has 3 heteroatoms. The molecule has 0 radical (unpaired) electrons. The maximum Gasteiger partial charge on any atom is 0.0915 e. The van der Waals surface area contributed by atoms with Gasteiger partial charge in [-0.1, -0.05) is 0 Å². The molecule has 1 aliphatic heterocycles. The smallest absolute Gasteiger partial charge is 0.0915 e. The molecule has 0 amide bonds. The van der Waals surface area contributed by atoms with Gasteiger partial charge in [-0.05, 0) is 23.8 Å². The van der Waals surface area contributed by atoms with E-state index >= 15 is 0 Å². The van der Waals surface area contributed by atoms with Gasteiger partial charge >= 0.3 is 0 Å². The molecule has 0 atom stereocenters. The molecule has 3 nitrogen and oxygen atoms in total. The zero-order valence-electron chi connectivity index (χ0n) is 7.04. The average molecular weight is 171 g/mol. The first-order valence-corrected chi connectivity index (χ1v) is 4.03. The largest absolute Gasteiger partial charge is 0.399 e. The van der Waals surface area contributed by atoms with Crippen LogP contribution in [0.1, 0.15) is 5.56 Å². The highest BCUT2D eigenvalue weighted by Crippen LogP contribution is 2.31. The van der Waals surface area contributed by atoms with Gasteiger partial charge in [-0.2, -0.15) is 5.26 Å². The number of hydrogen-bond donors (Lipinski definition) is 2. The lowest BCUT2D eigenvalue weighted by molar-refractivity contribution is 1.44. The normalized spacial score (nSPS) is 16.4. The molecular weight excluding hydrogens is 162 g/mol. The number of benzene rings is 1. The van der Waals surface area contributed by atoms with Crippen molar-refractivity contribution in [1.82, 2.24) is 0 Å². The van der Waals surface area contributed by atoms with E-state index in [4.69, 9.17) is 11.0 Å². The van der Waals surface area contributed by atoms with Crippen LogP contribution in [0.2, 0.25) is 0 Å². The zero-order chi connectivity index (χ0) is 9.26. The molecular formula is C10H9N3. The summed E-state index contributed by atoms with van der Waals surface area (Å²) >= 11 is 0. The molecule has 3 N–H and O–H groups in total. The number of allylic oxidation sites excluding steroid dienone is 1. The van der Waals surface area contributed by atoms with Gasteiger partial charge < -0.3 is 11.1 Å². The Hall–Kier alpha value is -1.95. The van der Waals surface area contributed by atoms with E-state index in [0.29, 0.717) is 6.54 Å². The summed E-state index contributed by atoms with van der Waals surface area (Å²) in [6, 6.07) is 7.70. The first-order chi connectivity index (χ1) is 6.31. The van der Waals surface area contributed by atoms with Crippen LogP contribution in [-0.2, 0) is 0 Å². The van der Waals surface area contributed by atoms with E-state index in [1.165, 1.54) is 0 Å². The van der Waals surface area contributed by atoms with Crippen LogP contribution in [0, 0.1) is 11.3 Å². The van der Waals surface area contributed by atoms with Crippen molar-refractivity contribution in [3.05, 3.63) is 29.8 Å². The molecule has 1 aromatic rings. The van der Waals surface area contributed by atoms with Crippen molar-refractivity contribution in [3.8, 4) is 6.07 Å². The molecule has 0 aromatic heterocycles. The van der Waals surface area contributed by atoms with Gasteiger partial charge in [-0.3, -0.25) is 0 Å². The number of nitriles is 1. The van der Waals surface area contributed by atoms with Gasteiger partial charge in [0, 0.05) is 29.6 Å². The second-order valence-corrected chi connectivity index (χ2v) is 2.96. The first-order valence-electron chi connectivity index (χ1n) is 4.03. The highest BCUT2D eigenvalue weighted by Gasteiger charge is 2.14. The van der Waals surface area contributed by atoms with Crippen molar-refractivity contribution >= 4 is 16.9 Å². The number of fused-ring (bicyclic) bond motifs is 1. The topological polar surface area (TPSA) is 61.8 Å². The standard InChI is InChI=1S/C10H9N3/c11-4-3-7-6-13-10-2-1-8(12)5-9(7)10/h1-3,5,13H,6,12H2. The van der Waals surface area contributed by atoms with Gasteiger partial charge in [0.05, 0.1) is 6.07 Å². The van der Waals surface area contributed by atoms with Crippen molar-refractivity contribution in [3.63, 3.8) is 0 Å². The summed E-state index contributed by atoms with van der Waals surface area (Å²) in [5.74, 6) is 0. The maximum absolute atomic E-state index is 8.54. The number of nitrogen functional groups attached to an aromatic ring is 1. The third kappa shape index (κ3) is 1.23. The second kappa shape index (κ2) is 2.83.